The van der Waals surface area contributed by atoms with Crippen molar-refractivity contribution in [3.05, 3.63) is 47.5 Å². The number of carbonyl (C=O) groups is 1. The van der Waals surface area contributed by atoms with Crippen molar-refractivity contribution in [3.8, 4) is 0 Å². The Morgan fingerprint density at radius 1 is 1.27 bits per heavy atom. The van der Waals surface area contributed by atoms with Gasteiger partial charge in [-0.3, -0.25) is 9.69 Å². The first-order valence-electron chi connectivity index (χ1n) is 8.57. The second-order valence-corrected chi connectivity index (χ2v) is 8.60. The van der Waals surface area contributed by atoms with Crippen molar-refractivity contribution in [1.82, 2.24) is 24.5 Å². The van der Waals surface area contributed by atoms with E-state index in [-0.39, 0.29) is 16.8 Å². The number of nitrogens with zero attached hydrogens (tertiary/aromatic N) is 3. The number of amides is 1. The first kappa shape index (κ1) is 17.2. The van der Waals surface area contributed by atoms with Crippen molar-refractivity contribution < 1.29 is 13.2 Å². The van der Waals surface area contributed by atoms with Crippen LogP contribution >= 0.6 is 0 Å². The Kier molecular flexibility index (Phi) is 4.29. The molecule has 138 valence electrons. The molecular formula is C17H21N5O3S. The van der Waals surface area contributed by atoms with Gasteiger partial charge in [-0.1, -0.05) is 6.07 Å². The summed E-state index contributed by atoms with van der Waals surface area (Å²) in [5.74, 6) is 0.535. The van der Waals surface area contributed by atoms with Gasteiger partial charge in [0.05, 0.1) is 10.9 Å². The summed E-state index contributed by atoms with van der Waals surface area (Å²) in [6.07, 6.45) is 4.12. The molecule has 0 bridgehead atoms. The first-order valence-corrected chi connectivity index (χ1v) is 10.0. The monoisotopic (exact) mass is 375 g/mol. The zero-order chi connectivity index (χ0) is 18.3. The smallest absolute Gasteiger partial charge is 0.251 e. The average molecular weight is 375 g/mol. The predicted molar refractivity (Wildman–Crippen MR) is 95.2 cm³/mol. The molecule has 4 rings (SSSR count). The number of H-pyrrole nitrogens is 1. The van der Waals surface area contributed by atoms with E-state index in [1.807, 2.05) is 7.05 Å². The highest BCUT2D eigenvalue weighted by Gasteiger charge is 2.35. The number of hydrogen-bond donors (Lipinski definition) is 2. The Morgan fingerprint density at radius 2 is 2.12 bits per heavy atom. The van der Waals surface area contributed by atoms with Gasteiger partial charge in [0.2, 0.25) is 10.0 Å². The van der Waals surface area contributed by atoms with Gasteiger partial charge >= 0.3 is 0 Å². The van der Waals surface area contributed by atoms with Crippen molar-refractivity contribution in [2.24, 2.45) is 0 Å². The van der Waals surface area contributed by atoms with E-state index in [4.69, 9.17) is 0 Å². The lowest BCUT2D eigenvalue weighted by Crippen LogP contribution is -2.49. The van der Waals surface area contributed by atoms with Crippen LogP contribution in [0.25, 0.3) is 0 Å². The fourth-order valence-corrected chi connectivity index (χ4v) is 4.99. The maximum atomic E-state index is 13.1. The molecule has 0 radical (unpaired) electrons. The Balaban J connectivity index is 1.64. The molecule has 3 heterocycles. The van der Waals surface area contributed by atoms with E-state index in [9.17, 15) is 13.2 Å². The number of likely N-dealkylation sites (N-methyl/N-ethyl adjacent to an activating group) is 1. The van der Waals surface area contributed by atoms with Crippen LogP contribution in [0, 0.1) is 0 Å². The van der Waals surface area contributed by atoms with Gasteiger partial charge in [-0.05, 0) is 31.2 Å². The van der Waals surface area contributed by atoms with Crippen molar-refractivity contribution in [1.29, 1.82) is 0 Å². The predicted octanol–water partition coefficient (Wildman–Crippen LogP) is 0.373. The summed E-state index contributed by atoms with van der Waals surface area (Å²) in [7, 11) is -1.72. The number of piperazine rings is 1. The standard InChI is InChI=1S/C17H21N5O3S/c1-21-8-9-22(11-15(21)16-18-6-7-19-16)26(24,25)13-3-2-12-4-5-20-17(23)14(12)10-13/h2-3,6-7,10,15H,4-5,8-9,11H2,1H3,(H,18,19)(H,20,23). The topological polar surface area (TPSA) is 98.4 Å². The van der Waals surface area contributed by atoms with Gasteiger partial charge in [0, 0.05) is 44.1 Å². The number of aromatic nitrogens is 2. The van der Waals surface area contributed by atoms with Crippen molar-refractivity contribution in [2.45, 2.75) is 17.4 Å². The molecule has 8 nitrogen and oxygen atoms in total. The maximum Gasteiger partial charge on any atom is 0.251 e. The lowest BCUT2D eigenvalue weighted by atomic mass is 10.0. The second-order valence-electron chi connectivity index (χ2n) is 6.66. The van der Waals surface area contributed by atoms with Crippen LogP contribution in [0.5, 0.6) is 0 Å². The summed E-state index contributed by atoms with van der Waals surface area (Å²) in [6, 6.07) is 4.72. The maximum absolute atomic E-state index is 13.1. The van der Waals surface area contributed by atoms with E-state index in [2.05, 4.69) is 20.2 Å². The van der Waals surface area contributed by atoms with E-state index >= 15 is 0 Å². The highest BCUT2D eigenvalue weighted by Crippen LogP contribution is 2.27. The lowest BCUT2D eigenvalue weighted by Gasteiger charge is -2.37. The molecule has 0 spiro atoms. The molecule has 1 unspecified atom stereocenters. The molecule has 1 saturated heterocycles. The highest BCUT2D eigenvalue weighted by molar-refractivity contribution is 7.89. The van der Waals surface area contributed by atoms with Crippen molar-refractivity contribution >= 4 is 15.9 Å². The fourth-order valence-electron chi connectivity index (χ4n) is 3.52. The molecular weight excluding hydrogens is 354 g/mol. The molecule has 2 aromatic rings. The molecule has 1 atom stereocenters. The van der Waals surface area contributed by atoms with Gasteiger partial charge in [-0.25, -0.2) is 13.4 Å². The fraction of sp³-hybridized carbons (Fsp3) is 0.412. The van der Waals surface area contributed by atoms with Crippen molar-refractivity contribution in [2.75, 3.05) is 33.2 Å². The Hall–Kier alpha value is -2.23. The van der Waals surface area contributed by atoms with E-state index in [1.54, 1.807) is 24.5 Å². The molecule has 1 fully saturated rings. The third kappa shape index (κ3) is 2.91. The molecule has 26 heavy (non-hydrogen) atoms. The largest absolute Gasteiger partial charge is 0.352 e. The van der Waals surface area contributed by atoms with Crippen molar-refractivity contribution in [3.63, 3.8) is 0 Å². The van der Waals surface area contributed by atoms with Crippen LogP contribution in [-0.4, -0.2) is 66.7 Å². The summed E-state index contributed by atoms with van der Waals surface area (Å²) >= 11 is 0. The number of hydrogen-bond acceptors (Lipinski definition) is 5. The summed E-state index contributed by atoms with van der Waals surface area (Å²) in [4.78, 5) is 21.6. The SMILES string of the molecule is CN1CCN(S(=O)(=O)c2ccc3c(c2)C(=O)NCC3)CC1c1ncc[nH]1. The van der Waals surface area contributed by atoms with Crippen LogP contribution in [0.2, 0.25) is 0 Å². The van der Waals surface area contributed by atoms with Gasteiger partial charge in [0.1, 0.15) is 5.82 Å². The molecule has 9 heteroatoms. The number of rotatable bonds is 3. The summed E-state index contributed by atoms with van der Waals surface area (Å²) in [6.45, 7) is 1.91. The van der Waals surface area contributed by atoms with Gasteiger partial charge in [-0.2, -0.15) is 4.31 Å². The van der Waals surface area contributed by atoms with Crippen LogP contribution in [0.3, 0.4) is 0 Å². The molecule has 1 amide bonds. The minimum Gasteiger partial charge on any atom is -0.352 e. The normalized spacial score (nSPS) is 22.0. The zero-order valence-electron chi connectivity index (χ0n) is 14.5. The molecule has 1 aromatic heterocycles. The zero-order valence-corrected chi connectivity index (χ0v) is 15.3. The lowest BCUT2D eigenvalue weighted by molar-refractivity contribution is 0.0945. The third-order valence-electron chi connectivity index (χ3n) is 5.09. The van der Waals surface area contributed by atoms with Crippen LogP contribution in [0.15, 0.2) is 35.5 Å². The highest BCUT2D eigenvalue weighted by atomic mass is 32.2. The van der Waals surface area contributed by atoms with Gasteiger partial charge in [0.25, 0.3) is 5.91 Å². The van der Waals surface area contributed by atoms with Crippen LogP contribution in [0.1, 0.15) is 27.8 Å². The van der Waals surface area contributed by atoms with E-state index in [1.165, 1.54) is 10.4 Å². The Bertz CT molecular complexity index is 926. The molecule has 2 aliphatic heterocycles. The summed E-state index contributed by atoms with van der Waals surface area (Å²) < 4.78 is 27.8. The Labute approximate surface area is 152 Å². The molecule has 2 aliphatic rings. The number of aromatic amines is 1. The molecule has 1 aromatic carbocycles. The number of carbonyl (C=O) groups excluding carboxylic acids is 1. The van der Waals surface area contributed by atoms with E-state index in [0.29, 0.717) is 31.7 Å². The van der Waals surface area contributed by atoms with Gasteiger partial charge in [0.15, 0.2) is 0 Å². The first-order chi connectivity index (χ1) is 12.5. The second kappa shape index (κ2) is 6.49. The minimum absolute atomic E-state index is 0.130. The Morgan fingerprint density at radius 3 is 2.88 bits per heavy atom. The molecule has 0 saturated carbocycles. The van der Waals surface area contributed by atoms with Gasteiger partial charge in [-0.15, -0.1) is 0 Å². The minimum atomic E-state index is -3.68. The third-order valence-corrected chi connectivity index (χ3v) is 6.95. The van der Waals surface area contributed by atoms with E-state index in [0.717, 1.165) is 17.8 Å². The number of sulfonamides is 1. The van der Waals surface area contributed by atoms with Gasteiger partial charge < -0.3 is 10.3 Å². The summed E-state index contributed by atoms with van der Waals surface area (Å²) in [5, 5.41) is 2.76. The molecule has 0 aliphatic carbocycles. The number of nitrogens with one attached hydrogen (secondary N) is 2. The van der Waals surface area contributed by atoms with Crippen LogP contribution in [-0.2, 0) is 16.4 Å². The molecule has 2 N–H and O–H groups in total. The summed E-state index contributed by atoms with van der Waals surface area (Å²) in [5.41, 5.74) is 1.34. The average Bonchev–Trinajstić information content (AvgIpc) is 3.16. The number of imidazole rings is 1. The van der Waals surface area contributed by atoms with Crippen LogP contribution < -0.4 is 5.32 Å². The quantitative estimate of drug-likeness (QED) is 0.808. The van der Waals surface area contributed by atoms with Crippen LogP contribution in [0.4, 0.5) is 0 Å². The van der Waals surface area contributed by atoms with E-state index < -0.39 is 10.0 Å². The number of benzene rings is 1. The number of fused-ring (bicyclic) bond motifs is 1.